The first-order valence-corrected chi connectivity index (χ1v) is 11.2. The van der Waals surface area contributed by atoms with Gasteiger partial charge in [-0.25, -0.2) is 8.42 Å². The molecule has 0 atom stereocenters. The van der Waals surface area contributed by atoms with E-state index in [1.165, 1.54) is 6.07 Å². The van der Waals surface area contributed by atoms with Crippen LogP contribution >= 0.6 is 0 Å². The van der Waals surface area contributed by atoms with Crippen molar-refractivity contribution in [1.82, 2.24) is 0 Å². The van der Waals surface area contributed by atoms with Crippen LogP contribution in [0.5, 0.6) is 0 Å². The highest BCUT2D eigenvalue weighted by molar-refractivity contribution is 7.91. The molecule has 1 aliphatic carbocycles. The number of sulfone groups is 1. The lowest BCUT2D eigenvalue weighted by molar-refractivity contribution is -0.105. The number of ketones is 1. The first kappa shape index (κ1) is 19.2. The molecule has 5 nitrogen and oxygen atoms in total. The van der Waals surface area contributed by atoms with Crippen molar-refractivity contribution < 1.29 is 18.0 Å². The minimum Gasteiger partial charge on any atom is -0.328 e. The van der Waals surface area contributed by atoms with Crippen LogP contribution in [-0.4, -0.2) is 20.6 Å². The van der Waals surface area contributed by atoms with Crippen LogP contribution in [0.3, 0.4) is 0 Å². The van der Waals surface area contributed by atoms with Gasteiger partial charge in [-0.3, -0.25) is 9.59 Å². The van der Waals surface area contributed by atoms with E-state index in [1.54, 1.807) is 48.5 Å². The predicted octanol–water partition coefficient (Wildman–Crippen LogP) is 4.76. The Morgan fingerprint density at radius 1 is 0.806 bits per heavy atom. The number of carbonyl (C=O) groups is 2. The third kappa shape index (κ3) is 2.79. The molecule has 0 aliphatic heterocycles. The van der Waals surface area contributed by atoms with Gasteiger partial charge in [0.05, 0.1) is 15.4 Å². The van der Waals surface area contributed by atoms with Crippen LogP contribution in [0, 0.1) is 6.92 Å². The smallest absolute Gasteiger partial charge is 0.211 e. The zero-order valence-corrected chi connectivity index (χ0v) is 17.4. The molecule has 0 saturated heterocycles. The predicted molar refractivity (Wildman–Crippen MR) is 119 cm³/mol. The van der Waals surface area contributed by atoms with Crippen LogP contribution < -0.4 is 5.32 Å². The molecule has 0 aromatic heterocycles. The maximum absolute atomic E-state index is 13.6. The largest absolute Gasteiger partial charge is 0.328 e. The number of benzene rings is 4. The van der Waals surface area contributed by atoms with Crippen LogP contribution in [0.25, 0.3) is 21.9 Å². The van der Waals surface area contributed by atoms with Crippen LogP contribution in [-0.2, 0) is 14.6 Å². The summed E-state index contributed by atoms with van der Waals surface area (Å²) in [5, 5.41) is 3.79. The van der Waals surface area contributed by atoms with E-state index in [1.807, 2.05) is 25.1 Å². The topological polar surface area (TPSA) is 80.3 Å². The zero-order chi connectivity index (χ0) is 21.8. The molecule has 6 heteroatoms. The molecule has 0 unspecified atom stereocenters. The monoisotopic (exact) mass is 427 g/mol. The lowest BCUT2D eigenvalue weighted by Gasteiger charge is -2.23. The van der Waals surface area contributed by atoms with Gasteiger partial charge in [-0.2, -0.15) is 0 Å². The third-order valence-corrected chi connectivity index (χ3v) is 7.48. The maximum Gasteiger partial charge on any atom is 0.211 e. The van der Waals surface area contributed by atoms with Gasteiger partial charge in [-0.05, 0) is 42.3 Å². The maximum atomic E-state index is 13.6. The van der Waals surface area contributed by atoms with Crippen molar-refractivity contribution in [3.05, 3.63) is 89.5 Å². The molecule has 31 heavy (non-hydrogen) atoms. The van der Waals surface area contributed by atoms with Gasteiger partial charge in [0, 0.05) is 22.0 Å². The number of carbonyl (C=O) groups excluding carboxylic acids is 2. The molecule has 4 aromatic rings. The summed E-state index contributed by atoms with van der Waals surface area (Å²) in [7, 11) is -3.94. The Morgan fingerprint density at radius 2 is 1.52 bits per heavy atom. The van der Waals surface area contributed by atoms with Crippen molar-refractivity contribution in [2.75, 3.05) is 5.32 Å². The van der Waals surface area contributed by atoms with Gasteiger partial charge in [0.2, 0.25) is 16.2 Å². The van der Waals surface area contributed by atoms with Crippen LogP contribution in [0.4, 0.5) is 5.69 Å². The Kier molecular flexibility index (Phi) is 4.27. The standard InChI is InChI=1S/C25H17NO4S/c1-15-6-8-16(9-7-15)31(29,30)22-13-11-20-21(26-14-27)12-10-18-17-4-2-3-5-19(17)25(28)24(22)23(18)20/h2-14H,1H3,(H,26,27). The van der Waals surface area contributed by atoms with Crippen LogP contribution in [0.15, 0.2) is 82.6 Å². The minimum absolute atomic E-state index is 0.0344. The number of anilines is 1. The molecule has 1 N–H and O–H groups in total. The number of rotatable bonds is 4. The van der Waals surface area contributed by atoms with Crippen molar-refractivity contribution in [3.8, 4) is 11.1 Å². The molecule has 152 valence electrons. The fraction of sp³-hybridized carbons (Fsp3) is 0.0400. The quantitative estimate of drug-likeness (QED) is 0.419. The van der Waals surface area contributed by atoms with Crippen molar-refractivity contribution >= 4 is 38.5 Å². The summed E-state index contributed by atoms with van der Waals surface area (Å²) < 4.78 is 27.1. The second-order valence-corrected chi connectivity index (χ2v) is 9.39. The highest BCUT2D eigenvalue weighted by atomic mass is 32.2. The first-order chi connectivity index (χ1) is 14.9. The lowest BCUT2D eigenvalue weighted by atomic mass is 9.82. The fourth-order valence-electron chi connectivity index (χ4n) is 4.19. The molecule has 0 heterocycles. The summed E-state index contributed by atoms with van der Waals surface area (Å²) in [4.78, 5) is 24.8. The number of amides is 1. The highest BCUT2D eigenvalue weighted by Crippen LogP contribution is 2.44. The normalized spacial score (nSPS) is 12.5. The zero-order valence-electron chi connectivity index (χ0n) is 16.5. The van der Waals surface area contributed by atoms with Crippen molar-refractivity contribution in [3.63, 3.8) is 0 Å². The number of hydrogen-bond donors (Lipinski definition) is 1. The van der Waals surface area contributed by atoms with Gasteiger partial charge in [0.15, 0.2) is 5.78 Å². The van der Waals surface area contributed by atoms with Crippen molar-refractivity contribution in [1.29, 1.82) is 0 Å². The summed E-state index contributed by atoms with van der Waals surface area (Å²) in [6.07, 6.45) is 0.562. The molecule has 0 spiro atoms. The van der Waals surface area contributed by atoms with Crippen LogP contribution in [0.1, 0.15) is 21.5 Å². The van der Waals surface area contributed by atoms with Crippen molar-refractivity contribution in [2.24, 2.45) is 0 Å². The summed E-state index contributed by atoms with van der Waals surface area (Å²) >= 11 is 0. The number of aryl methyl sites for hydroxylation is 1. The fourth-order valence-corrected chi connectivity index (χ4v) is 5.64. The second kappa shape index (κ2) is 6.89. The summed E-state index contributed by atoms with van der Waals surface area (Å²) in [6, 6.07) is 20.4. The molecule has 5 rings (SSSR count). The Bertz CT molecular complexity index is 1500. The molecular weight excluding hydrogens is 410 g/mol. The summed E-state index contributed by atoms with van der Waals surface area (Å²) in [5.41, 5.74) is 3.56. The molecule has 0 radical (unpaired) electrons. The molecule has 0 saturated carbocycles. The van der Waals surface area contributed by atoms with E-state index in [0.29, 0.717) is 28.4 Å². The SMILES string of the molecule is Cc1ccc(S(=O)(=O)c2ccc3c(NC=O)ccc4c3c2C(=O)c2ccccc2-4)cc1. The van der Waals surface area contributed by atoms with E-state index in [0.717, 1.165) is 16.7 Å². The average Bonchev–Trinajstić information content (AvgIpc) is 2.78. The lowest BCUT2D eigenvalue weighted by Crippen LogP contribution is -2.16. The van der Waals surface area contributed by atoms with E-state index >= 15 is 0 Å². The van der Waals surface area contributed by atoms with Gasteiger partial charge < -0.3 is 5.32 Å². The number of fused-ring (bicyclic) bond motifs is 2. The molecule has 1 aliphatic rings. The van der Waals surface area contributed by atoms with Crippen LogP contribution in [0.2, 0.25) is 0 Å². The molecule has 1 amide bonds. The van der Waals surface area contributed by atoms with Gasteiger partial charge in [-0.15, -0.1) is 0 Å². The van der Waals surface area contributed by atoms with Gasteiger partial charge >= 0.3 is 0 Å². The highest BCUT2D eigenvalue weighted by Gasteiger charge is 2.33. The Morgan fingerprint density at radius 3 is 2.23 bits per heavy atom. The molecule has 4 aromatic carbocycles. The van der Waals surface area contributed by atoms with E-state index in [2.05, 4.69) is 5.32 Å². The van der Waals surface area contributed by atoms with Crippen molar-refractivity contribution in [2.45, 2.75) is 16.7 Å². The minimum atomic E-state index is -3.94. The van der Waals surface area contributed by atoms with Gasteiger partial charge in [0.1, 0.15) is 0 Å². The Hall–Kier alpha value is -3.77. The second-order valence-electron chi connectivity index (χ2n) is 7.48. The first-order valence-electron chi connectivity index (χ1n) is 9.69. The summed E-state index contributed by atoms with van der Waals surface area (Å²) in [5.74, 6) is -0.345. The number of nitrogens with one attached hydrogen (secondary N) is 1. The Labute approximate surface area is 179 Å². The summed E-state index contributed by atoms with van der Waals surface area (Å²) in [6.45, 7) is 1.88. The third-order valence-electron chi connectivity index (χ3n) is 5.67. The van der Waals surface area contributed by atoms with Gasteiger partial charge in [0.25, 0.3) is 0 Å². The Balaban J connectivity index is 1.91. The van der Waals surface area contributed by atoms with E-state index in [-0.39, 0.29) is 21.1 Å². The average molecular weight is 427 g/mol. The molecule has 0 fully saturated rings. The molecule has 0 bridgehead atoms. The van der Waals surface area contributed by atoms with E-state index < -0.39 is 9.84 Å². The van der Waals surface area contributed by atoms with E-state index in [4.69, 9.17) is 0 Å². The van der Waals surface area contributed by atoms with Gasteiger partial charge in [-0.1, -0.05) is 54.1 Å². The number of hydrogen-bond acceptors (Lipinski definition) is 4. The molecular formula is C25H17NO4S. The van der Waals surface area contributed by atoms with E-state index in [9.17, 15) is 18.0 Å².